The number of hydrogen-bond donors (Lipinski definition) is 0. The molecule has 52 heavy (non-hydrogen) atoms. The highest BCUT2D eigenvalue weighted by Crippen LogP contribution is 2.21. The Morgan fingerprint density at radius 2 is 0.673 bits per heavy atom. The van der Waals surface area contributed by atoms with Crippen LogP contribution in [0.25, 0.3) is 0 Å². The van der Waals surface area contributed by atoms with E-state index in [2.05, 4.69) is 39.5 Å². The van der Waals surface area contributed by atoms with Crippen molar-refractivity contribution in [2.24, 2.45) is 11.8 Å². The monoisotopic (exact) mass is 736 g/mol. The fourth-order valence-electron chi connectivity index (χ4n) is 7.55. The van der Waals surface area contributed by atoms with Gasteiger partial charge >= 0.3 is 11.9 Å². The summed E-state index contributed by atoms with van der Waals surface area (Å²) in [4.78, 5) is 27.7. The van der Waals surface area contributed by atoms with Gasteiger partial charge in [-0.05, 0) is 89.3 Å². The molecule has 5 heteroatoms. The van der Waals surface area contributed by atoms with E-state index in [0.717, 1.165) is 64.6 Å². The molecule has 2 unspecified atom stereocenters. The van der Waals surface area contributed by atoms with Crippen molar-refractivity contribution in [3.05, 3.63) is 0 Å². The quantitative estimate of drug-likeness (QED) is 0.0461. The first kappa shape index (κ1) is 50.9. The normalized spacial score (nSPS) is 12.7. The van der Waals surface area contributed by atoms with Crippen LogP contribution in [-0.2, 0) is 19.1 Å². The van der Waals surface area contributed by atoms with Gasteiger partial charge in [-0.2, -0.15) is 0 Å². The molecule has 0 saturated heterocycles. The number of rotatable bonds is 42. The van der Waals surface area contributed by atoms with Crippen LogP contribution < -0.4 is 0 Å². The highest BCUT2D eigenvalue weighted by atomic mass is 16.5. The number of unbranched alkanes of at least 4 members (excludes halogenated alkanes) is 20. The Balaban J connectivity index is 4.22. The Morgan fingerprint density at radius 1 is 0.365 bits per heavy atom. The van der Waals surface area contributed by atoms with Crippen LogP contribution in [0.5, 0.6) is 0 Å². The maximum absolute atomic E-state index is 12.6. The van der Waals surface area contributed by atoms with Crippen LogP contribution in [0.1, 0.15) is 247 Å². The second-order valence-electron chi connectivity index (χ2n) is 16.4. The van der Waals surface area contributed by atoms with Gasteiger partial charge in [-0.15, -0.1) is 0 Å². The van der Waals surface area contributed by atoms with Crippen molar-refractivity contribution in [1.29, 1.82) is 0 Å². The Labute approximate surface area is 326 Å². The lowest BCUT2D eigenvalue weighted by Crippen LogP contribution is -2.27. The summed E-state index contributed by atoms with van der Waals surface area (Å²) in [5, 5.41) is 0. The standard InChI is InChI=1S/C47H93NO4/c1-6-11-15-19-21-27-35-44(33-25-17-13-8-3)42-51-46(49)37-29-23-31-40-48(39-10-5)41-32-24-30-38-47(50)52-43-45(34-26-18-14-9-4)36-28-22-20-16-12-7-2/h44-45H,6-43H2,1-5H3. The van der Waals surface area contributed by atoms with Gasteiger partial charge in [0.05, 0.1) is 13.2 Å². The minimum Gasteiger partial charge on any atom is -0.465 e. The summed E-state index contributed by atoms with van der Waals surface area (Å²) in [6, 6.07) is 0. The van der Waals surface area contributed by atoms with E-state index in [1.807, 2.05) is 0 Å². The van der Waals surface area contributed by atoms with Crippen molar-refractivity contribution in [2.45, 2.75) is 247 Å². The topological polar surface area (TPSA) is 55.8 Å². The molecular weight excluding hydrogens is 643 g/mol. The van der Waals surface area contributed by atoms with E-state index in [0.29, 0.717) is 37.9 Å². The fraction of sp³-hybridized carbons (Fsp3) is 0.957. The van der Waals surface area contributed by atoms with Gasteiger partial charge in [0, 0.05) is 12.8 Å². The van der Waals surface area contributed by atoms with E-state index < -0.39 is 0 Å². The summed E-state index contributed by atoms with van der Waals surface area (Å²) in [7, 11) is 0. The summed E-state index contributed by atoms with van der Waals surface area (Å²) >= 11 is 0. The molecule has 0 aromatic carbocycles. The van der Waals surface area contributed by atoms with Gasteiger partial charge in [0.15, 0.2) is 0 Å². The molecule has 0 aromatic rings. The molecule has 310 valence electrons. The first-order valence-electron chi connectivity index (χ1n) is 23.5. The lowest BCUT2D eigenvalue weighted by Gasteiger charge is -2.21. The molecule has 0 N–H and O–H groups in total. The summed E-state index contributed by atoms with van der Waals surface area (Å²) in [6.45, 7) is 15.9. The van der Waals surface area contributed by atoms with Crippen molar-refractivity contribution in [2.75, 3.05) is 32.8 Å². The van der Waals surface area contributed by atoms with Crippen molar-refractivity contribution in [1.82, 2.24) is 4.90 Å². The van der Waals surface area contributed by atoms with Gasteiger partial charge in [0.1, 0.15) is 0 Å². The second-order valence-corrected chi connectivity index (χ2v) is 16.4. The molecule has 0 aliphatic heterocycles. The van der Waals surface area contributed by atoms with Gasteiger partial charge < -0.3 is 14.4 Å². The zero-order valence-corrected chi connectivity index (χ0v) is 36.1. The molecule has 0 bridgehead atoms. The van der Waals surface area contributed by atoms with E-state index in [9.17, 15) is 9.59 Å². The van der Waals surface area contributed by atoms with E-state index in [1.54, 1.807) is 0 Å². The summed E-state index contributed by atoms with van der Waals surface area (Å²) < 4.78 is 11.6. The maximum atomic E-state index is 12.6. The Bertz CT molecular complexity index is 685. The highest BCUT2D eigenvalue weighted by Gasteiger charge is 2.14. The highest BCUT2D eigenvalue weighted by molar-refractivity contribution is 5.69. The average Bonchev–Trinajstić information content (AvgIpc) is 3.14. The molecular formula is C47H93NO4. The van der Waals surface area contributed by atoms with Gasteiger partial charge in [-0.3, -0.25) is 9.59 Å². The molecule has 0 fully saturated rings. The molecule has 0 heterocycles. The first-order valence-corrected chi connectivity index (χ1v) is 23.5. The van der Waals surface area contributed by atoms with Crippen LogP contribution >= 0.6 is 0 Å². The predicted octanol–water partition coefficient (Wildman–Crippen LogP) is 14.6. The lowest BCUT2D eigenvalue weighted by atomic mass is 9.95. The molecule has 0 spiro atoms. The predicted molar refractivity (Wildman–Crippen MR) is 226 cm³/mol. The summed E-state index contributed by atoms with van der Waals surface area (Å²) in [5.41, 5.74) is 0. The number of nitrogens with zero attached hydrogens (tertiary/aromatic N) is 1. The molecule has 0 saturated carbocycles. The van der Waals surface area contributed by atoms with Crippen LogP contribution in [0.15, 0.2) is 0 Å². The zero-order chi connectivity index (χ0) is 38.2. The molecule has 0 amide bonds. The Kier molecular flexibility index (Phi) is 40.2. The van der Waals surface area contributed by atoms with Gasteiger partial charge in [0.2, 0.25) is 0 Å². The fourth-order valence-corrected chi connectivity index (χ4v) is 7.55. The van der Waals surface area contributed by atoms with Crippen LogP contribution in [0.4, 0.5) is 0 Å². The molecule has 0 rings (SSSR count). The van der Waals surface area contributed by atoms with E-state index >= 15 is 0 Å². The maximum Gasteiger partial charge on any atom is 0.305 e. The SMILES string of the molecule is CCCCCCCCC(CCCCCC)COC(=O)CCCCCN(CCC)CCCCCC(=O)OCC(CCCCCC)CCCCCCCC. The summed E-state index contributed by atoms with van der Waals surface area (Å²) in [5.74, 6) is 1.09. The van der Waals surface area contributed by atoms with Crippen LogP contribution in [0.2, 0.25) is 0 Å². The summed E-state index contributed by atoms with van der Waals surface area (Å²) in [6.07, 6.45) is 39.6. The van der Waals surface area contributed by atoms with E-state index in [1.165, 1.54) is 154 Å². The van der Waals surface area contributed by atoms with Gasteiger partial charge in [0.25, 0.3) is 0 Å². The van der Waals surface area contributed by atoms with Gasteiger partial charge in [-0.1, -0.05) is 176 Å². The Hall–Kier alpha value is -1.10. The lowest BCUT2D eigenvalue weighted by molar-refractivity contribution is -0.146. The van der Waals surface area contributed by atoms with Crippen LogP contribution in [0.3, 0.4) is 0 Å². The molecule has 5 nitrogen and oxygen atoms in total. The minimum absolute atomic E-state index is 0.00532. The van der Waals surface area contributed by atoms with Crippen LogP contribution in [0, 0.1) is 11.8 Å². The molecule has 0 radical (unpaired) electrons. The Morgan fingerprint density at radius 3 is 1.02 bits per heavy atom. The first-order chi connectivity index (χ1) is 25.5. The van der Waals surface area contributed by atoms with E-state index in [-0.39, 0.29) is 11.9 Å². The third-order valence-corrected chi connectivity index (χ3v) is 11.1. The number of esters is 2. The third-order valence-electron chi connectivity index (χ3n) is 11.1. The number of carbonyl (C=O) groups is 2. The second kappa shape index (κ2) is 41.1. The van der Waals surface area contributed by atoms with Crippen LogP contribution in [-0.4, -0.2) is 49.7 Å². The van der Waals surface area contributed by atoms with Crippen molar-refractivity contribution in [3.8, 4) is 0 Å². The minimum atomic E-state index is 0.00532. The number of carbonyl (C=O) groups excluding carboxylic acids is 2. The molecule has 2 atom stereocenters. The molecule has 0 aliphatic rings. The molecule has 0 aromatic heterocycles. The van der Waals surface area contributed by atoms with Crippen molar-refractivity contribution >= 4 is 11.9 Å². The van der Waals surface area contributed by atoms with E-state index in [4.69, 9.17) is 9.47 Å². The van der Waals surface area contributed by atoms with Gasteiger partial charge in [-0.25, -0.2) is 0 Å². The largest absolute Gasteiger partial charge is 0.465 e. The molecule has 0 aliphatic carbocycles. The third kappa shape index (κ3) is 35.9. The van der Waals surface area contributed by atoms with Crippen molar-refractivity contribution < 1.29 is 19.1 Å². The average molecular weight is 736 g/mol. The smallest absolute Gasteiger partial charge is 0.305 e. The zero-order valence-electron chi connectivity index (χ0n) is 36.1. The van der Waals surface area contributed by atoms with Crippen molar-refractivity contribution in [3.63, 3.8) is 0 Å². The number of hydrogen-bond acceptors (Lipinski definition) is 5. The number of ether oxygens (including phenoxy) is 2.